The van der Waals surface area contributed by atoms with Gasteiger partial charge in [-0.1, -0.05) is 20.3 Å². The minimum atomic E-state index is -0.394. The predicted molar refractivity (Wildman–Crippen MR) is 80.0 cm³/mol. The van der Waals surface area contributed by atoms with Gasteiger partial charge in [-0.15, -0.1) is 11.6 Å². The summed E-state index contributed by atoms with van der Waals surface area (Å²) < 4.78 is 21.0. The van der Waals surface area contributed by atoms with Crippen molar-refractivity contribution in [3.63, 3.8) is 0 Å². The summed E-state index contributed by atoms with van der Waals surface area (Å²) in [5, 5.41) is 0. The largest absolute Gasteiger partial charge is 0.494 e. The third kappa shape index (κ3) is 2.62. The summed E-state index contributed by atoms with van der Waals surface area (Å²) in [6.07, 6.45) is 3.12. The zero-order valence-electron chi connectivity index (χ0n) is 12.1. The Labute approximate surface area is 123 Å². The summed E-state index contributed by atoms with van der Waals surface area (Å²) in [5.74, 6) is 0.953. The van der Waals surface area contributed by atoms with Crippen LogP contribution in [0.15, 0.2) is 12.1 Å². The molecule has 0 aliphatic carbocycles. The van der Waals surface area contributed by atoms with E-state index in [-0.39, 0.29) is 5.75 Å². The summed E-state index contributed by atoms with van der Waals surface area (Å²) in [6, 6.07) is 3.46. The summed E-state index contributed by atoms with van der Waals surface area (Å²) in [5.41, 5.74) is 1.52. The van der Waals surface area contributed by atoms with E-state index >= 15 is 0 Å². The Bertz CT molecular complexity index is 597. The summed E-state index contributed by atoms with van der Waals surface area (Å²) >= 11 is 6.01. The van der Waals surface area contributed by atoms with Crippen molar-refractivity contribution in [3.05, 3.63) is 23.8 Å². The molecule has 0 aliphatic heterocycles. The van der Waals surface area contributed by atoms with Gasteiger partial charge in [-0.05, 0) is 12.8 Å². The molecule has 1 atom stereocenters. The van der Waals surface area contributed by atoms with Crippen molar-refractivity contribution < 1.29 is 9.13 Å². The molecule has 0 aliphatic rings. The lowest BCUT2D eigenvalue weighted by atomic mass is 10.1. The topological polar surface area (TPSA) is 27.1 Å². The van der Waals surface area contributed by atoms with Crippen molar-refractivity contribution in [1.29, 1.82) is 0 Å². The van der Waals surface area contributed by atoms with Crippen LogP contribution in [0.3, 0.4) is 0 Å². The number of imidazole rings is 1. The maximum absolute atomic E-state index is 13.8. The van der Waals surface area contributed by atoms with Gasteiger partial charge in [0.2, 0.25) is 0 Å². The Morgan fingerprint density at radius 3 is 2.70 bits per heavy atom. The first-order valence-corrected chi connectivity index (χ1v) is 7.49. The van der Waals surface area contributed by atoms with Gasteiger partial charge >= 0.3 is 0 Å². The van der Waals surface area contributed by atoms with Gasteiger partial charge in [-0.2, -0.15) is 0 Å². The SMILES string of the molecule is CCCC(CC)n1c(CCl)nc2cc(F)c(OC)cc21. The van der Waals surface area contributed by atoms with Crippen molar-refractivity contribution >= 4 is 22.6 Å². The number of methoxy groups -OCH3 is 1. The molecular formula is C15H20ClFN2O. The van der Waals surface area contributed by atoms with Gasteiger partial charge in [0.1, 0.15) is 5.82 Å². The molecule has 20 heavy (non-hydrogen) atoms. The monoisotopic (exact) mass is 298 g/mol. The van der Waals surface area contributed by atoms with E-state index < -0.39 is 5.82 Å². The van der Waals surface area contributed by atoms with Crippen LogP contribution in [-0.4, -0.2) is 16.7 Å². The van der Waals surface area contributed by atoms with Crippen LogP contribution in [0.2, 0.25) is 0 Å². The van der Waals surface area contributed by atoms with Crippen LogP contribution in [-0.2, 0) is 5.88 Å². The fraction of sp³-hybridized carbons (Fsp3) is 0.533. The predicted octanol–water partition coefficient (Wildman–Crippen LogP) is 4.67. The first-order chi connectivity index (χ1) is 9.65. The normalized spacial score (nSPS) is 12.8. The average Bonchev–Trinajstić information content (AvgIpc) is 2.81. The molecule has 0 radical (unpaired) electrons. The van der Waals surface area contributed by atoms with E-state index in [2.05, 4.69) is 23.4 Å². The zero-order chi connectivity index (χ0) is 14.7. The fourth-order valence-electron chi connectivity index (χ4n) is 2.65. The van der Waals surface area contributed by atoms with Crippen LogP contribution in [0.1, 0.15) is 45.0 Å². The maximum atomic E-state index is 13.8. The second-order valence-corrected chi connectivity index (χ2v) is 5.13. The van der Waals surface area contributed by atoms with Gasteiger partial charge in [0.15, 0.2) is 11.6 Å². The van der Waals surface area contributed by atoms with E-state index in [1.807, 2.05) is 0 Å². The van der Waals surface area contributed by atoms with Crippen LogP contribution in [0.5, 0.6) is 5.75 Å². The van der Waals surface area contributed by atoms with E-state index in [9.17, 15) is 4.39 Å². The van der Waals surface area contributed by atoms with E-state index in [4.69, 9.17) is 16.3 Å². The van der Waals surface area contributed by atoms with Gasteiger partial charge in [0, 0.05) is 18.2 Å². The van der Waals surface area contributed by atoms with Crippen molar-refractivity contribution in [2.45, 2.75) is 45.0 Å². The van der Waals surface area contributed by atoms with Crippen LogP contribution >= 0.6 is 11.6 Å². The number of aromatic nitrogens is 2. The molecule has 0 fully saturated rings. The number of benzene rings is 1. The number of hydrogen-bond acceptors (Lipinski definition) is 2. The number of hydrogen-bond donors (Lipinski definition) is 0. The summed E-state index contributed by atoms with van der Waals surface area (Å²) in [4.78, 5) is 4.45. The highest BCUT2D eigenvalue weighted by atomic mass is 35.5. The Balaban J connectivity index is 2.65. The third-order valence-corrected chi connectivity index (χ3v) is 3.85. The minimum Gasteiger partial charge on any atom is -0.494 e. The standard InChI is InChI=1S/C15H20ClFN2O/c1-4-6-10(5-2)19-13-8-14(20-3)11(17)7-12(13)18-15(19)9-16/h7-8,10H,4-6,9H2,1-3H3. The van der Waals surface area contributed by atoms with E-state index in [1.54, 1.807) is 6.07 Å². The lowest BCUT2D eigenvalue weighted by Crippen LogP contribution is -2.11. The second-order valence-electron chi connectivity index (χ2n) is 4.86. The van der Waals surface area contributed by atoms with Gasteiger partial charge < -0.3 is 9.30 Å². The number of rotatable bonds is 6. The van der Waals surface area contributed by atoms with Crippen LogP contribution in [0, 0.1) is 5.82 Å². The van der Waals surface area contributed by atoms with E-state index in [0.29, 0.717) is 17.4 Å². The van der Waals surface area contributed by atoms with E-state index in [1.165, 1.54) is 13.2 Å². The Morgan fingerprint density at radius 2 is 2.15 bits per heavy atom. The smallest absolute Gasteiger partial charge is 0.167 e. The third-order valence-electron chi connectivity index (χ3n) is 3.61. The molecule has 1 aromatic carbocycles. The van der Waals surface area contributed by atoms with Gasteiger partial charge in [-0.3, -0.25) is 0 Å². The molecule has 3 nitrogen and oxygen atoms in total. The Kier molecular flexibility index (Phi) is 4.86. The summed E-state index contributed by atoms with van der Waals surface area (Å²) in [6.45, 7) is 4.30. The van der Waals surface area contributed by atoms with Gasteiger partial charge in [-0.25, -0.2) is 9.37 Å². The van der Waals surface area contributed by atoms with Crippen LogP contribution < -0.4 is 4.74 Å². The average molecular weight is 299 g/mol. The van der Waals surface area contributed by atoms with Crippen molar-refractivity contribution in [2.75, 3.05) is 7.11 Å². The molecule has 0 bridgehead atoms. The number of fused-ring (bicyclic) bond motifs is 1. The zero-order valence-corrected chi connectivity index (χ0v) is 12.9. The van der Waals surface area contributed by atoms with Crippen LogP contribution in [0.25, 0.3) is 11.0 Å². The first kappa shape index (κ1) is 15.1. The first-order valence-electron chi connectivity index (χ1n) is 6.96. The molecule has 0 saturated carbocycles. The molecule has 0 saturated heterocycles. The molecule has 0 spiro atoms. The van der Waals surface area contributed by atoms with Gasteiger partial charge in [0.05, 0.1) is 24.0 Å². The molecule has 2 rings (SSSR count). The second kappa shape index (κ2) is 6.44. The molecule has 0 amide bonds. The minimum absolute atomic E-state index is 0.242. The van der Waals surface area contributed by atoms with Gasteiger partial charge in [0.25, 0.3) is 0 Å². The number of alkyl halides is 1. The summed E-state index contributed by atoms with van der Waals surface area (Å²) in [7, 11) is 1.47. The molecule has 0 N–H and O–H groups in total. The highest BCUT2D eigenvalue weighted by Crippen LogP contribution is 2.31. The van der Waals surface area contributed by atoms with E-state index in [0.717, 1.165) is 30.6 Å². The Morgan fingerprint density at radius 1 is 1.40 bits per heavy atom. The molecule has 1 aromatic heterocycles. The maximum Gasteiger partial charge on any atom is 0.167 e. The molecular weight excluding hydrogens is 279 g/mol. The lowest BCUT2D eigenvalue weighted by Gasteiger charge is -2.19. The number of ether oxygens (including phenoxy) is 1. The molecule has 1 unspecified atom stereocenters. The Hall–Kier alpha value is -1.29. The fourth-order valence-corrected chi connectivity index (χ4v) is 2.84. The van der Waals surface area contributed by atoms with Crippen LogP contribution in [0.4, 0.5) is 4.39 Å². The lowest BCUT2D eigenvalue weighted by molar-refractivity contribution is 0.386. The molecule has 110 valence electrons. The quantitative estimate of drug-likeness (QED) is 0.724. The van der Waals surface area contributed by atoms with Crippen molar-refractivity contribution in [2.24, 2.45) is 0 Å². The number of nitrogens with zero attached hydrogens (tertiary/aromatic N) is 2. The molecule has 5 heteroatoms. The highest BCUT2D eigenvalue weighted by Gasteiger charge is 2.19. The highest BCUT2D eigenvalue weighted by molar-refractivity contribution is 6.16. The van der Waals surface area contributed by atoms with Crippen molar-refractivity contribution in [1.82, 2.24) is 9.55 Å². The molecule has 2 aromatic rings. The molecule has 1 heterocycles. The number of halogens is 2. The van der Waals surface area contributed by atoms with Crippen molar-refractivity contribution in [3.8, 4) is 5.75 Å².